The summed E-state index contributed by atoms with van der Waals surface area (Å²) in [6, 6.07) is 3.29. The van der Waals surface area contributed by atoms with Gasteiger partial charge in [-0.2, -0.15) is 0 Å². The van der Waals surface area contributed by atoms with Crippen molar-refractivity contribution in [3.05, 3.63) is 39.7 Å². The Balaban J connectivity index is 2.50. The predicted molar refractivity (Wildman–Crippen MR) is 50.0 cm³/mol. The Kier molecular flexibility index (Phi) is 2.03. The van der Waals surface area contributed by atoms with Crippen molar-refractivity contribution in [1.82, 2.24) is 0 Å². The van der Waals surface area contributed by atoms with Crippen LogP contribution < -0.4 is 0 Å². The third-order valence-corrected chi connectivity index (χ3v) is 2.71. The number of nitrogens with zero attached hydrogens (tertiary/aromatic N) is 1. The first-order valence-electron chi connectivity index (χ1n) is 4.50. The zero-order chi connectivity index (χ0) is 11.1. The Labute approximate surface area is 84.9 Å². The SMILES string of the molecule is O=CC1(c2cc([N+](=O)[O-])ccc2F)CC1. The maximum Gasteiger partial charge on any atom is 0.269 e. The van der Waals surface area contributed by atoms with Crippen LogP contribution in [-0.4, -0.2) is 11.2 Å². The largest absolute Gasteiger partial charge is 0.302 e. The molecule has 0 unspecified atom stereocenters. The second-order valence-electron chi connectivity index (χ2n) is 3.70. The van der Waals surface area contributed by atoms with E-state index >= 15 is 0 Å². The monoisotopic (exact) mass is 209 g/mol. The molecule has 1 aromatic carbocycles. The van der Waals surface area contributed by atoms with Gasteiger partial charge in [-0.15, -0.1) is 0 Å². The van der Waals surface area contributed by atoms with Crippen LogP contribution in [0.15, 0.2) is 18.2 Å². The molecule has 0 saturated heterocycles. The fourth-order valence-corrected chi connectivity index (χ4v) is 1.59. The molecule has 0 atom stereocenters. The lowest BCUT2D eigenvalue weighted by molar-refractivity contribution is -0.385. The quantitative estimate of drug-likeness (QED) is 0.434. The van der Waals surface area contributed by atoms with E-state index < -0.39 is 16.2 Å². The van der Waals surface area contributed by atoms with Crippen LogP contribution in [0.4, 0.5) is 10.1 Å². The van der Waals surface area contributed by atoms with Gasteiger partial charge in [-0.05, 0) is 18.9 Å². The molecule has 0 spiro atoms. The van der Waals surface area contributed by atoms with Crippen molar-refractivity contribution < 1.29 is 14.1 Å². The Bertz CT molecular complexity index is 440. The summed E-state index contributed by atoms with van der Waals surface area (Å²) >= 11 is 0. The number of nitro groups is 1. The maximum absolute atomic E-state index is 13.4. The van der Waals surface area contributed by atoms with Crippen LogP contribution in [0.5, 0.6) is 0 Å². The van der Waals surface area contributed by atoms with Gasteiger partial charge in [-0.3, -0.25) is 10.1 Å². The summed E-state index contributed by atoms with van der Waals surface area (Å²) in [6.45, 7) is 0. The van der Waals surface area contributed by atoms with Gasteiger partial charge in [0.15, 0.2) is 0 Å². The number of carbonyl (C=O) groups excluding carboxylic acids is 1. The molecule has 1 saturated carbocycles. The number of carbonyl (C=O) groups is 1. The molecule has 4 nitrogen and oxygen atoms in total. The maximum atomic E-state index is 13.4. The lowest BCUT2D eigenvalue weighted by atomic mass is 9.97. The van der Waals surface area contributed by atoms with Gasteiger partial charge < -0.3 is 4.79 Å². The van der Waals surface area contributed by atoms with Gasteiger partial charge in [-0.25, -0.2) is 4.39 Å². The second kappa shape index (κ2) is 3.12. The minimum Gasteiger partial charge on any atom is -0.302 e. The van der Waals surface area contributed by atoms with Crippen molar-refractivity contribution in [2.45, 2.75) is 18.3 Å². The number of halogens is 1. The number of nitro benzene ring substituents is 1. The molecule has 1 aliphatic carbocycles. The van der Waals surface area contributed by atoms with Crippen molar-refractivity contribution in [3.63, 3.8) is 0 Å². The predicted octanol–water partition coefficient (Wildman–Crippen LogP) is 1.96. The highest BCUT2D eigenvalue weighted by molar-refractivity contribution is 5.73. The van der Waals surface area contributed by atoms with Gasteiger partial charge in [-0.1, -0.05) is 0 Å². The zero-order valence-corrected chi connectivity index (χ0v) is 7.77. The summed E-state index contributed by atoms with van der Waals surface area (Å²) in [6.07, 6.45) is 1.80. The molecule has 0 bridgehead atoms. The first-order valence-corrected chi connectivity index (χ1v) is 4.50. The molecule has 1 aliphatic rings. The third kappa shape index (κ3) is 1.49. The van der Waals surface area contributed by atoms with Gasteiger partial charge >= 0.3 is 0 Å². The molecular weight excluding hydrogens is 201 g/mol. The Morgan fingerprint density at radius 2 is 2.13 bits per heavy atom. The van der Waals surface area contributed by atoms with E-state index in [1.165, 1.54) is 0 Å². The minimum absolute atomic E-state index is 0.145. The van der Waals surface area contributed by atoms with Gasteiger partial charge in [0.1, 0.15) is 12.1 Å². The fourth-order valence-electron chi connectivity index (χ4n) is 1.59. The average molecular weight is 209 g/mol. The van der Waals surface area contributed by atoms with Crippen LogP contribution in [0.25, 0.3) is 0 Å². The van der Waals surface area contributed by atoms with Crippen molar-refractivity contribution >= 4 is 12.0 Å². The minimum atomic E-state index is -0.809. The molecule has 2 rings (SSSR count). The van der Waals surface area contributed by atoms with Crippen LogP contribution in [0.1, 0.15) is 18.4 Å². The van der Waals surface area contributed by atoms with E-state index in [9.17, 15) is 19.3 Å². The molecule has 1 aromatic rings. The van der Waals surface area contributed by atoms with E-state index in [1.54, 1.807) is 0 Å². The van der Waals surface area contributed by atoms with E-state index in [4.69, 9.17) is 0 Å². The van der Waals surface area contributed by atoms with Crippen LogP contribution >= 0.6 is 0 Å². The molecule has 0 radical (unpaired) electrons. The Morgan fingerprint density at radius 3 is 2.60 bits per heavy atom. The molecular formula is C10H8FNO3. The van der Waals surface area contributed by atoms with Gasteiger partial charge in [0.2, 0.25) is 0 Å². The van der Waals surface area contributed by atoms with Crippen LogP contribution in [-0.2, 0) is 10.2 Å². The second-order valence-corrected chi connectivity index (χ2v) is 3.70. The number of hydrogen-bond acceptors (Lipinski definition) is 3. The van der Waals surface area contributed by atoms with Crippen LogP contribution in [0.2, 0.25) is 0 Å². The highest BCUT2D eigenvalue weighted by Gasteiger charge is 2.46. The van der Waals surface area contributed by atoms with E-state index in [1.807, 2.05) is 0 Å². The molecule has 0 aromatic heterocycles. The highest BCUT2D eigenvalue weighted by Crippen LogP contribution is 2.47. The van der Waals surface area contributed by atoms with Crippen LogP contribution in [0.3, 0.4) is 0 Å². The smallest absolute Gasteiger partial charge is 0.269 e. The van der Waals surface area contributed by atoms with Crippen molar-refractivity contribution in [1.29, 1.82) is 0 Å². The first kappa shape index (κ1) is 9.76. The van der Waals surface area contributed by atoms with E-state index in [0.717, 1.165) is 18.2 Å². The Morgan fingerprint density at radius 1 is 1.47 bits per heavy atom. The Hall–Kier alpha value is -1.78. The number of non-ortho nitro benzene ring substituents is 1. The van der Waals surface area contributed by atoms with Crippen LogP contribution in [0, 0.1) is 15.9 Å². The highest BCUT2D eigenvalue weighted by atomic mass is 19.1. The van der Waals surface area contributed by atoms with Gasteiger partial charge in [0, 0.05) is 17.7 Å². The summed E-state index contributed by atoms with van der Waals surface area (Å²) in [5.74, 6) is -0.551. The summed E-state index contributed by atoms with van der Waals surface area (Å²) in [5, 5.41) is 10.5. The fraction of sp³-hybridized carbons (Fsp3) is 0.300. The third-order valence-electron chi connectivity index (χ3n) is 2.71. The molecule has 0 N–H and O–H groups in total. The number of aldehydes is 1. The van der Waals surface area contributed by atoms with Crippen molar-refractivity contribution in [2.24, 2.45) is 0 Å². The summed E-state index contributed by atoms with van der Waals surface area (Å²) in [5.41, 5.74) is -0.845. The molecule has 0 amide bonds. The van der Waals surface area contributed by atoms with E-state index in [-0.39, 0.29) is 11.3 Å². The van der Waals surface area contributed by atoms with Crippen molar-refractivity contribution in [3.8, 4) is 0 Å². The molecule has 78 valence electrons. The summed E-state index contributed by atoms with van der Waals surface area (Å²) < 4.78 is 13.4. The molecule has 5 heteroatoms. The van der Waals surface area contributed by atoms with Crippen molar-refractivity contribution in [2.75, 3.05) is 0 Å². The number of hydrogen-bond donors (Lipinski definition) is 0. The lowest BCUT2D eigenvalue weighted by Gasteiger charge is -2.07. The normalized spacial score (nSPS) is 17.1. The molecule has 0 aliphatic heterocycles. The summed E-state index contributed by atoms with van der Waals surface area (Å²) in [7, 11) is 0. The lowest BCUT2D eigenvalue weighted by Crippen LogP contribution is -2.10. The molecule has 1 fully saturated rings. The van der Waals surface area contributed by atoms with E-state index in [0.29, 0.717) is 19.1 Å². The zero-order valence-electron chi connectivity index (χ0n) is 7.77. The first-order chi connectivity index (χ1) is 7.09. The average Bonchev–Trinajstić information content (AvgIpc) is 2.99. The standard InChI is InChI=1S/C10H8FNO3/c11-9-2-1-7(12(14)15)5-8(9)10(6-13)3-4-10/h1-2,5-6H,3-4H2. The molecule has 15 heavy (non-hydrogen) atoms. The number of benzene rings is 1. The topological polar surface area (TPSA) is 60.2 Å². The van der Waals surface area contributed by atoms with E-state index in [2.05, 4.69) is 0 Å². The molecule has 0 heterocycles. The van der Waals surface area contributed by atoms with Gasteiger partial charge in [0.05, 0.1) is 10.3 Å². The number of rotatable bonds is 3. The van der Waals surface area contributed by atoms with Gasteiger partial charge in [0.25, 0.3) is 5.69 Å². The summed E-state index contributed by atoms with van der Waals surface area (Å²) in [4.78, 5) is 20.7.